The Labute approximate surface area is 127 Å². The minimum absolute atomic E-state index is 0.253. The number of rotatable bonds is 7. The van der Waals surface area contributed by atoms with E-state index in [4.69, 9.17) is 4.74 Å². The van der Waals surface area contributed by atoms with Crippen molar-refractivity contribution in [2.75, 3.05) is 51.6 Å². The molecule has 1 N–H and O–H groups in total. The molecular weight excluding hydrogens is 266 g/mol. The predicted octanol–water partition coefficient (Wildman–Crippen LogP) is 1.84. The van der Waals surface area contributed by atoms with Gasteiger partial charge in [0, 0.05) is 25.7 Å². The Bertz CT molecular complexity index is 473. The van der Waals surface area contributed by atoms with E-state index in [2.05, 4.69) is 46.2 Å². The fourth-order valence-corrected chi connectivity index (χ4v) is 2.97. The van der Waals surface area contributed by atoms with Gasteiger partial charge in [-0.3, -0.25) is 0 Å². The second-order valence-electron chi connectivity index (χ2n) is 5.94. The van der Waals surface area contributed by atoms with E-state index in [0.717, 1.165) is 30.5 Å². The van der Waals surface area contributed by atoms with E-state index in [-0.39, 0.29) is 5.54 Å². The zero-order chi connectivity index (χ0) is 15.5. The molecule has 118 valence electrons. The molecule has 1 aromatic heterocycles. The molecule has 1 fully saturated rings. The summed E-state index contributed by atoms with van der Waals surface area (Å²) in [5.74, 6) is 2.32. The number of hydrogen-bond acceptors (Lipinski definition) is 6. The Balaban J connectivity index is 2.22. The highest BCUT2D eigenvalue weighted by molar-refractivity contribution is 5.64. The highest BCUT2D eigenvalue weighted by atomic mass is 16.5. The monoisotopic (exact) mass is 293 g/mol. The largest absolute Gasteiger partial charge is 0.490 e. The van der Waals surface area contributed by atoms with Crippen LogP contribution in [0.25, 0.3) is 0 Å². The lowest BCUT2D eigenvalue weighted by atomic mass is 9.75. The summed E-state index contributed by atoms with van der Waals surface area (Å²) in [6, 6.07) is 0. The molecule has 0 amide bonds. The van der Waals surface area contributed by atoms with Crippen LogP contribution in [0.4, 0.5) is 11.6 Å². The van der Waals surface area contributed by atoms with Crippen LogP contribution in [0.15, 0.2) is 6.33 Å². The van der Waals surface area contributed by atoms with Crippen molar-refractivity contribution >= 4 is 11.6 Å². The van der Waals surface area contributed by atoms with Crippen LogP contribution in [0.3, 0.4) is 0 Å². The Morgan fingerprint density at radius 1 is 1.29 bits per heavy atom. The van der Waals surface area contributed by atoms with E-state index >= 15 is 0 Å². The number of nitrogens with zero attached hydrogens (tertiary/aromatic N) is 4. The predicted molar refractivity (Wildman–Crippen MR) is 86.3 cm³/mol. The summed E-state index contributed by atoms with van der Waals surface area (Å²) >= 11 is 0. The maximum absolute atomic E-state index is 5.53. The maximum Gasteiger partial charge on any atom is 0.204 e. The molecule has 0 bridgehead atoms. The lowest BCUT2D eigenvalue weighted by molar-refractivity contribution is 0.0681. The highest BCUT2D eigenvalue weighted by Crippen LogP contribution is 2.39. The molecule has 0 unspecified atom stereocenters. The van der Waals surface area contributed by atoms with Gasteiger partial charge in [0.15, 0.2) is 11.6 Å². The molecule has 1 aromatic rings. The van der Waals surface area contributed by atoms with Crippen LogP contribution in [0.1, 0.15) is 26.2 Å². The van der Waals surface area contributed by atoms with Crippen LogP contribution in [-0.2, 0) is 0 Å². The molecular formula is C15H27N5O. The van der Waals surface area contributed by atoms with E-state index in [1.54, 1.807) is 13.4 Å². The number of aromatic nitrogens is 2. The standard InChI is InChI=1S/C15H27N5O/c1-6-16-13-12(21-5)14(18-11-17-13)20(4)10-15(19(2)3)8-7-9-15/h11H,6-10H2,1-5H3,(H,16,17,18). The Hall–Kier alpha value is -1.56. The summed E-state index contributed by atoms with van der Waals surface area (Å²) in [4.78, 5) is 13.2. The molecule has 1 heterocycles. The van der Waals surface area contributed by atoms with E-state index in [0.29, 0.717) is 0 Å². The third-order valence-electron chi connectivity index (χ3n) is 4.46. The first-order valence-corrected chi connectivity index (χ1v) is 7.55. The van der Waals surface area contributed by atoms with Gasteiger partial charge in [-0.05, 0) is 40.3 Å². The van der Waals surface area contributed by atoms with Gasteiger partial charge in [-0.15, -0.1) is 0 Å². The molecule has 2 rings (SSSR count). The molecule has 1 saturated carbocycles. The van der Waals surface area contributed by atoms with Crippen LogP contribution in [-0.4, -0.2) is 61.7 Å². The molecule has 0 atom stereocenters. The van der Waals surface area contributed by atoms with Crippen LogP contribution in [0.5, 0.6) is 5.75 Å². The van der Waals surface area contributed by atoms with Gasteiger partial charge in [-0.25, -0.2) is 9.97 Å². The maximum atomic E-state index is 5.53. The fraction of sp³-hybridized carbons (Fsp3) is 0.733. The lowest BCUT2D eigenvalue weighted by Crippen LogP contribution is -2.56. The van der Waals surface area contributed by atoms with Gasteiger partial charge in [0.2, 0.25) is 5.75 Å². The van der Waals surface area contributed by atoms with Crippen LogP contribution < -0.4 is 15.0 Å². The first kappa shape index (κ1) is 15.8. The van der Waals surface area contributed by atoms with E-state index in [1.165, 1.54) is 19.3 Å². The zero-order valence-electron chi connectivity index (χ0n) is 13.8. The van der Waals surface area contributed by atoms with Gasteiger partial charge in [-0.2, -0.15) is 0 Å². The molecule has 0 aliphatic heterocycles. The highest BCUT2D eigenvalue weighted by Gasteiger charge is 2.40. The van der Waals surface area contributed by atoms with Crippen molar-refractivity contribution in [3.63, 3.8) is 0 Å². The SMILES string of the molecule is CCNc1ncnc(N(C)CC2(N(C)C)CCC2)c1OC. The summed E-state index contributed by atoms with van der Waals surface area (Å²) in [6.07, 6.45) is 5.36. The van der Waals surface area contributed by atoms with E-state index in [1.807, 2.05) is 6.92 Å². The van der Waals surface area contributed by atoms with Crippen molar-refractivity contribution in [2.24, 2.45) is 0 Å². The minimum Gasteiger partial charge on any atom is -0.490 e. The summed E-state index contributed by atoms with van der Waals surface area (Å²) in [7, 11) is 8.06. The molecule has 0 saturated heterocycles. The van der Waals surface area contributed by atoms with E-state index < -0.39 is 0 Å². The van der Waals surface area contributed by atoms with Crippen molar-refractivity contribution in [3.05, 3.63) is 6.33 Å². The number of anilines is 2. The molecule has 1 aliphatic carbocycles. The molecule has 0 aromatic carbocycles. The first-order chi connectivity index (χ1) is 10.0. The van der Waals surface area contributed by atoms with Crippen LogP contribution in [0.2, 0.25) is 0 Å². The van der Waals surface area contributed by atoms with E-state index in [9.17, 15) is 0 Å². The molecule has 0 spiro atoms. The van der Waals surface area contributed by atoms with Crippen molar-refractivity contribution in [1.82, 2.24) is 14.9 Å². The number of hydrogen-bond donors (Lipinski definition) is 1. The quantitative estimate of drug-likeness (QED) is 0.828. The normalized spacial score (nSPS) is 16.5. The van der Waals surface area contributed by atoms with Crippen molar-refractivity contribution in [2.45, 2.75) is 31.7 Å². The molecule has 21 heavy (non-hydrogen) atoms. The van der Waals surface area contributed by atoms with Crippen LogP contribution in [0, 0.1) is 0 Å². The summed E-state index contributed by atoms with van der Waals surface area (Å²) in [5.41, 5.74) is 0.253. The number of likely N-dealkylation sites (N-methyl/N-ethyl adjacent to an activating group) is 2. The third kappa shape index (κ3) is 3.05. The summed E-state index contributed by atoms with van der Waals surface area (Å²) in [5, 5.41) is 3.22. The molecule has 1 aliphatic rings. The van der Waals surface area contributed by atoms with Gasteiger partial charge in [-0.1, -0.05) is 0 Å². The second-order valence-corrected chi connectivity index (χ2v) is 5.94. The second kappa shape index (κ2) is 6.47. The van der Waals surface area contributed by atoms with Crippen molar-refractivity contribution < 1.29 is 4.74 Å². The van der Waals surface area contributed by atoms with Crippen molar-refractivity contribution in [3.8, 4) is 5.75 Å². The summed E-state index contributed by atoms with van der Waals surface area (Å²) < 4.78 is 5.53. The van der Waals surface area contributed by atoms with Gasteiger partial charge in [0.05, 0.1) is 7.11 Å². The summed E-state index contributed by atoms with van der Waals surface area (Å²) in [6.45, 7) is 3.79. The molecule has 0 radical (unpaired) electrons. The van der Waals surface area contributed by atoms with Crippen LogP contribution >= 0.6 is 0 Å². The van der Waals surface area contributed by atoms with Crippen molar-refractivity contribution in [1.29, 1.82) is 0 Å². The molecule has 6 heteroatoms. The van der Waals surface area contributed by atoms with Gasteiger partial charge >= 0.3 is 0 Å². The number of ether oxygens (including phenoxy) is 1. The van der Waals surface area contributed by atoms with Gasteiger partial charge in [0.25, 0.3) is 0 Å². The Morgan fingerprint density at radius 2 is 2.00 bits per heavy atom. The average Bonchev–Trinajstić information content (AvgIpc) is 2.42. The number of nitrogens with one attached hydrogen (secondary N) is 1. The zero-order valence-corrected chi connectivity index (χ0v) is 13.8. The Kier molecular flexibility index (Phi) is 4.88. The topological polar surface area (TPSA) is 53.5 Å². The van der Waals surface area contributed by atoms with Gasteiger partial charge in [0.1, 0.15) is 6.33 Å². The Morgan fingerprint density at radius 3 is 2.48 bits per heavy atom. The first-order valence-electron chi connectivity index (χ1n) is 7.55. The van der Waals surface area contributed by atoms with Gasteiger partial charge < -0.3 is 19.9 Å². The molecule has 6 nitrogen and oxygen atoms in total. The average molecular weight is 293 g/mol. The fourth-order valence-electron chi connectivity index (χ4n) is 2.97. The third-order valence-corrected chi connectivity index (χ3v) is 4.46. The lowest BCUT2D eigenvalue weighted by Gasteiger charge is -2.49. The minimum atomic E-state index is 0.253. The smallest absolute Gasteiger partial charge is 0.204 e. The number of methoxy groups -OCH3 is 1.